The normalized spacial score (nSPS) is 24.1. The summed E-state index contributed by atoms with van der Waals surface area (Å²) in [7, 11) is 1.81. The first-order valence-electron chi connectivity index (χ1n) is 8.40. The van der Waals surface area contributed by atoms with Gasteiger partial charge in [0.05, 0.1) is 6.61 Å². The second-order valence-corrected chi connectivity index (χ2v) is 6.18. The van der Waals surface area contributed by atoms with E-state index < -0.39 is 0 Å². The van der Waals surface area contributed by atoms with E-state index in [2.05, 4.69) is 34.4 Å². The molecular weight excluding hydrogens is 264 g/mol. The summed E-state index contributed by atoms with van der Waals surface area (Å²) in [5.41, 5.74) is 0. The Kier molecular flexibility index (Phi) is 9.42. The van der Waals surface area contributed by atoms with Crippen LogP contribution in [0, 0.1) is 11.8 Å². The highest BCUT2D eigenvalue weighted by Crippen LogP contribution is 2.20. The van der Waals surface area contributed by atoms with Crippen molar-refractivity contribution in [3.05, 3.63) is 0 Å². The molecule has 0 aromatic carbocycles. The minimum atomic E-state index is 0.723. The molecule has 1 heterocycles. The largest absolute Gasteiger partial charge is 0.380 e. The fraction of sp³-hybridized carbons (Fsp3) is 0.938. The second-order valence-electron chi connectivity index (χ2n) is 6.18. The van der Waals surface area contributed by atoms with Gasteiger partial charge in [-0.3, -0.25) is 4.99 Å². The Labute approximate surface area is 130 Å². The van der Waals surface area contributed by atoms with Gasteiger partial charge in [0.1, 0.15) is 0 Å². The molecule has 0 aliphatic carbocycles. The van der Waals surface area contributed by atoms with Crippen molar-refractivity contribution in [1.82, 2.24) is 15.5 Å². The third kappa shape index (κ3) is 8.27. The van der Waals surface area contributed by atoms with Crippen LogP contribution in [-0.4, -0.2) is 63.8 Å². The van der Waals surface area contributed by atoms with E-state index in [9.17, 15) is 0 Å². The van der Waals surface area contributed by atoms with Crippen LogP contribution in [0.4, 0.5) is 0 Å². The summed E-state index contributed by atoms with van der Waals surface area (Å²) in [4.78, 5) is 6.82. The molecule has 1 aliphatic rings. The Morgan fingerprint density at radius 2 is 1.86 bits per heavy atom. The molecule has 0 bridgehead atoms. The fourth-order valence-corrected chi connectivity index (χ4v) is 3.09. The Morgan fingerprint density at radius 1 is 1.19 bits per heavy atom. The first kappa shape index (κ1) is 18.2. The molecule has 0 spiro atoms. The van der Waals surface area contributed by atoms with Crippen LogP contribution in [0.3, 0.4) is 0 Å². The number of likely N-dealkylation sites (tertiary alicyclic amines) is 1. The van der Waals surface area contributed by atoms with Gasteiger partial charge in [0.25, 0.3) is 0 Å². The zero-order valence-corrected chi connectivity index (χ0v) is 14.3. The fourth-order valence-electron chi connectivity index (χ4n) is 3.09. The van der Waals surface area contributed by atoms with E-state index in [0.717, 1.165) is 50.5 Å². The van der Waals surface area contributed by atoms with E-state index in [1.54, 1.807) is 0 Å². The number of nitrogens with one attached hydrogen (secondary N) is 2. The highest BCUT2D eigenvalue weighted by Gasteiger charge is 2.20. The Bertz CT molecular complexity index is 286. The van der Waals surface area contributed by atoms with Crippen LogP contribution in [0.15, 0.2) is 4.99 Å². The first-order valence-corrected chi connectivity index (χ1v) is 8.40. The van der Waals surface area contributed by atoms with Gasteiger partial charge in [-0.25, -0.2) is 0 Å². The van der Waals surface area contributed by atoms with Crippen LogP contribution >= 0.6 is 0 Å². The highest BCUT2D eigenvalue weighted by atomic mass is 16.5. The van der Waals surface area contributed by atoms with Gasteiger partial charge in [0.15, 0.2) is 5.96 Å². The van der Waals surface area contributed by atoms with Crippen LogP contribution in [0.5, 0.6) is 0 Å². The van der Waals surface area contributed by atoms with E-state index in [4.69, 9.17) is 4.74 Å². The SMILES string of the molecule is CCOCCNC(=NC)NCCCN1CC(C)CC(C)C1. The Hall–Kier alpha value is -0.810. The third-order valence-corrected chi connectivity index (χ3v) is 3.85. The van der Waals surface area contributed by atoms with Crippen molar-refractivity contribution in [2.75, 3.05) is 53.0 Å². The number of hydrogen-bond acceptors (Lipinski definition) is 3. The minimum absolute atomic E-state index is 0.723. The molecule has 2 N–H and O–H groups in total. The van der Waals surface area contributed by atoms with Gasteiger partial charge < -0.3 is 20.3 Å². The van der Waals surface area contributed by atoms with Gasteiger partial charge in [0, 0.05) is 39.8 Å². The van der Waals surface area contributed by atoms with Crippen molar-refractivity contribution in [3.8, 4) is 0 Å². The lowest BCUT2D eigenvalue weighted by Gasteiger charge is -2.35. The summed E-state index contributed by atoms with van der Waals surface area (Å²) >= 11 is 0. The topological polar surface area (TPSA) is 48.9 Å². The number of piperidine rings is 1. The van der Waals surface area contributed by atoms with E-state index >= 15 is 0 Å². The highest BCUT2D eigenvalue weighted by molar-refractivity contribution is 5.79. The lowest BCUT2D eigenvalue weighted by molar-refractivity contribution is 0.140. The van der Waals surface area contributed by atoms with Crippen molar-refractivity contribution in [2.24, 2.45) is 16.8 Å². The lowest BCUT2D eigenvalue weighted by atomic mass is 9.92. The molecule has 5 nitrogen and oxygen atoms in total. The molecule has 1 aliphatic heterocycles. The third-order valence-electron chi connectivity index (χ3n) is 3.85. The summed E-state index contributed by atoms with van der Waals surface area (Å²) < 4.78 is 5.30. The van der Waals surface area contributed by atoms with Crippen molar-refractivity contribution >= 4 is 5.96 Å². The monoisotopic (exact) mass is 298 g/mol. The molecule has 1 fully saturated rings. The Morgan fingerprint density at radius 3 is 2.48 bits per heavy atom. The first-order chi connectivity index (χ1) is 10.2. The van der Waals surface area contributed by atoms with E-state index in [1.165, 1.54) is 26.1 Å². The standard InChI is InChI=1S/C16H34N4O/c1-5-21-10-8-19-16(17-4)18-7-6-9-20-12-14(2)11-15(3)13-20/h14-15H,5-13H2,1-4H3,(H2,17,18,19). The predicted octanol–water partition coefficient (Wildman–Crippen LogP) is 1.56. The molecule has 0 aromatic rings. The smallest absolute Gasteiger partial charge is 0.191 e. The van der Waals surface area contributed by atoms with Crippen molar-refractivity contribution in [3.63, 3.8) is 0 Å². The molecule has 0 aromatic heterocycles. The number of guanidine groups is 1. The zero-order valence-electron chi connectivity index (χ0n) is 14.3. The molecule has 0 saturated carbocycles. The van der Waals surface area contributed by atoms with Gasteiger partial charge in [-0.05, 0) is 38.1 Å². The van der Waals surface area contributed by atoms with Crippen molar-refractivity contribution in [2.45, 2.75) is 33.6 Å². The van der Waals surface area contributed by atoms with Gasteiger partial charge in [-0.1, -0.05) is 13.8 Å². The molecule has 0 radical (unpaired) electrons. The molecule has 1 saturated heterocycles. The molecule has 5 heteroatoms. The van der Waals surface area contributed by atoms with Gasteiger partial charge in [0.2, 0.25) is 0 Å². The summed E-state index contributed by atoms with van der Waals surface area (Å²) in [5.74, 6) is 2.56. The molecule has 0 amide bonds. The summed E-state index contributed by atoms with van der Waals surface area (Å²) in [6, 6.07) is 0. The quantitative estimate of drug-likeness (QED) is 0.406. The van der Waals surface area contributed by atoms with Crippen LogP contribution in [0.2, 0.25) is 0 Å². The van der Waals surface area contributed by atoms with Crippen LogP contribution in [0.1, 0.15) is 33.6 Å². The second kappa shape index (κ2) is 10.9. The maximum absolute atomic E-state index is 5.30. The van der Waals surface area contributed by atoms with Crippen LogP contribution in [-0.2, 0) is 4.74 Å². The van der Waals surface area contributed by atoms with Crippen molar-refractivity contribution < 1.29 is 4.74 Å². The average molecular weight is 298 g/mol. The van der Waals surface area contributed by atoms with Crippen LogP contribution in [0.25, 0.3) is 0 Å². The number of rotatable bonds is 8. The van der Waals surface area contributed by atoms with Gasteiger partial charge in [-0.15, -0.1) is 0 Å². The zero-order chi connectivity index (χ0) is 15.5. The number of nitrogens with zero attached hydrogens (tertiary/aromatic N) is 2. The van der Waals surface area contributed by atoms with Crippen molar-refractivity contribution in [1.29, 1.82) is 0 Å². The summed E-state index contributed by atoms with van der Waals surface area (Å²) in [6.07, 6.45) is 2.54. The van der Waals surface area contributed by atoms with Crippen LogP contribution < -0.4 is 10.6 Å². The minimum Gasteiger partial charge on any atom is -0.380 e. The molecular formula is C16H34N4O. The molecule has 21 heavy (non-hydrogen) atoms. The van der Waals surface area contributed by atoms with E-state index in [-0.39, 0.29) is 0 Å². The average Bonchev–Trinajstić information content (AvgIpc) is 2.44. The Balaban J connectivity index is 2.09. The number of aliphatic imine (C=N–C) groups is 1. The molecule has 1 rings (SSSR count). The number of hydrogen-bond donors (Lipinski definition) is 2. The number of ether oxygens (including phenoxy) is 1. The maximum atomic E-state index is 5.30. The van der Waals surface area contributed by atoms with E-state index in [1.807, 2.05) is 14.0 Å². The summed E-state index contributed by atoms with van der Waals surface area (Å²) in [6.45, 7) is 13.7. The molecule has 2 unspecified atom stereocenters. The van der Waals surface area contributed by atoms with Gasteiger partial charge >= 0.3 is 0 Å². The molecule has 124 valence electrons. The predicted molar refractivity (Wildman–Crippen MR) is 89.9 cm³/mol. The van der Waals surface area contributed by atoms with E-state index in [0.29, 0.717) is 0 Å². The molecule has 2 atom stereocenters. The maximum Gasteiger partial charge on any atom is 0.191 e. The summed E-state index contributed by atoms with van der Waals surface area (Å²) in [5, 5.41) is 6.62. The van der Waals surface area contributed by atoms with Gasteiger partial charge in [-0.2, -0.15) is 0 Å². The lowest BCUT2D eigenvalue weighted by Crippen LogP contribution is -2.42.